The van der Waals surface area contributed by atoms with Crippen molar-refractivity contribution in [1.29, 1.82) is 0 Å². The van der Waals surface area contributed by atoms with E-state index >= 15 is 0 Å². The van der Waals surface area contributed by atoms with Crippen LogP contribution in [0.1, 0.15) is 27.2 Å². The average Bonchev–Trinajstić information content (AvgIpc) is 3.37. The lowest BCUT2D eigenvalue weighted by Gasteiger charge is -2.22. The number of aromatic nitrogens is 2. The van der Waals surface area contributed by atoms with Crippen molar-refractivity contribution in [3.63, 3.8) is 0 Å². The molecule has 3 atom stereocenters. The summed E-state index contributed by atoms with van der Waals surface area (Å²) >= 11 is 1.50. The molecule has 4 rings (SSSR count). The number of imidazole rings is 1. The van der Waals surface area contributed by atoms with Gasteiger partial charge in [-0.1, -0.05) is 23.9 Å². The van der Waals surface area contributed by atoms with E-state index in [-0.39, 0.29) is 29.6 Å². The average molecular weight is 563 g/mol. The second-order valence-electron chi connectivity index (χ2n) is 8.71. The third kappa shape index (κ3) is 6.29. The first kappa shape index (κ1) is 27.9. The molecular formula is C25H30N4O7S2. The first-order valence-electron chi connectivity index (χ1n) is 12.0. The molecule has 1 saturated heterocycles. The van der Waals surface area contributed by atoms with Crippen LogP contribution >= 0.6 is 11.8 Å². The molecule has 1 fully saturated rings. The highest BCUT2D eigenvalue weighted by Crippen LogP contribution is 2.31. The Morgan fingerprint density at radius 3 is 2.76 bits per heavy atom. The molecule has 0 bridgehead atoms. The van der Waals surface area contributed by atoms with Gasteiger partial charge >= 0.3 is 5.97 Å². The number of benzene rings is 2. The van der Waals surface area contributed by atoms with Crippen LogP contribution in [0.4, 0.5) is 5.69 Å². The fraction of sp³-hybridized carbons (Fsp3) is 0.400. The molecule has 0 spiro atoms. The minimum Gasteiger partial charge on any atom is -0.487 e. The number of rotatable bonds is 11. The molecule has 1 aliphatic heterocycles. The Labute approximate surface area is 225 Å². The minimum absolute atomic E-state index is 0.0459. The van der Waals surface area contributed by atoms with E-state index < -0.39 is 34.4 Å². The summed E-state index contributed by atoms with van der Waals surface area (Å²) in [7, 11) is -4.17. The van der Waals surface area contributed by atoms with Crippen LogP contribution in [0, 0.1) is 0 Å². The number of ether oxygens (including phenoxy) is 3. The van der Waals surface area contributed by atoms with Gasteiger partial charge in [0.1, 0.15) is 16.7 Å². The fourth-order valence-corrected chi connectivity index (χ4v) is 6.13. The van der Waals surface area contributed by atoms with Crippen molar-refractivity contribution in [3.05, 3.63) is 42.5 Å². The predicted molar refractivity (Wildman–Crippen MR) is 143 cm³/mol. The molecule has 2 aromatic carbocycles. The summed E-state index contributed by atoms with van der Waals surface area (Å²) in [5.41, 5.74) is 2.16. The molecule has 2 N–H and O–H groups in total. The lowest BCUT2D eigenvalue weighted by molar-refractivity contribution is -0.163. The number of carbonyl (C=O) groups is 2. The molecule has 2 unspecified atom stereocenters. The standard InChI is InChI=1S/C25H30N4O7S2/c1-5-34-24-19(13-23(31)36-24)28-38(32,33)22-11-10-17(26-16(3)30)12-21(22)35-15(2)14-29-20-9-7-6-8-18(20)27-25(29)37-4/h6-12,15,19,24,28H,5,13-14H2,1-4H3,(H,26,30)/t15-,19?,24?/m1/s1. The van der Waals surface area contributed by atoms with Crippen molar-refractivity contribution in [2.24, 2.45) is 0 Å². The van der Waals surface area contributed by atoms with Crippen LogP contribution in [0.15, 0.2) is 52.5 Å². The normalized spacial score (nSPS) is 18.4. The summed E-state index contributed by atoms with van der Waals surface area (Å²) < 4.78 is 48.1. The number of hydrogen-bond donors (Lipinski definition) is 2. The molecule has 0 radical (unpaired) electrons. The Kier molecular flexibility index (Phi) is 8.61. The van der Waals surface area contributed by atoms with Crippen LogP contribution in [0.2, 0.25) is 0 Å². The predicted octanol–water partition coefficient (Wildman–Crippen LogP) is 3.14. The van der Waals surface area contributed by atoms with Crippen LogP contribution in [0.5, 0.6) is 5.75 Å². The first-order valence-corrected chi connectivity index (χ1v) is 14.7. The summed E-state index contributed by atoms with van der Waals surface area (Å²) in [6, 6.07) is 11.1. The van der Waals surface area contributed by atoms with E-state index in [0.717, 1.165) is 16.2 Å². The van der Waals surface area contributed by atoms with Gasteiger partial charge in [-0.2, -0.15) is 0 Å². The van der Waals surface area contributed by atoms with Gasteiger partial charge in [0.2, 0.25) is 22.2 Å². The van der Waals surface area contributed by atoms with Gasteiger partial charge in [0.05, 0.1) is 30.0 Å². The largest absolute Gasteiger partial charge is 0.487 e. The first-order chi connectivity index (χ1) is 18.1. The van der Waals surface area contributed by atoms with Gasteiger partial charge in [-0.25, -0.2) is 18.1 Å². The maximum Gasteiger partial charge on any atom is 0.310 e. The third-order valence-electron chi connectivity index (χ3n) is 5.72. The van der Waals surface area contributed by atoms with Crippen LogP contribution in [0.25, 0.3) is 11.0 Å². The zero-order valence-corrected chi connectivity index (χ0v) is 23.1. The number of sulfonamides is 1. The number of esters is 1. The molecule has 204 valence electrons. The number of amides is 1. The zero-order chi connectivity index (χ0) is 27.4. The monoisotopic (exact) mass is 562 g/mol. The molecule has 1 aliphatic rings. The minimum atomic E-state index is -4.17. The van der Waals surface area contributed by atoms with Crippen LogP contribution < -0.4 is 14.8 Å². The van der Waals surface area contributed by atoms with Gasteiger partial charge in [0.15, 0.2) is 5.16 Å². The molecule has 1 aromatic heterocycles. The number of thioether (sulfide) groups is 1. The molecule has 0 saturated carbocycles. The molecule has 38 heavy (non-hydrogen) atoms. The number of carbonyl (C=O) groups excluding carboxylic acids is 2. The number of anilines is 1. The van der Waals surface area contributed by atoms with Crippen LogP contribution in [-0.4, -0.2) is 61.1 Å². The topological polar surface area (TPSA) is 138 Å². The molecular weight excluding hydrogens is 532 g/mol. The SMILES string of the molecule is CCOC1OC(=O)CC1NS(=O)(=O)c1ccc(NC(C)=O)cc1O[C@H](C)Cn1c(SC)nc2ccccc21. The van der Waals surface area contributed by atoms with E-state index in [1.807, 2.05) is 42.0 Å². The maximum absolute atomic E-state index is 13.5. The maximum atomic E-state index is 13.5. The Hall–Kier alpha value is -3.13. The number of cyclic esters (lactones) is 1. The highest BCUT2D eigenvalue weighted by molar-refractivity contribution is 7.98. The molecule has 0 aliphatic carbocycles. The fourth-order valence-electron chi connectivity index (χ4n) is 4.21. The van der Waals surface area contributed by atoms with E-state index in [1.54, 1.807) is 6.92 Å². The number of nitrogens with one attached hydrogen (secondary N) is 2. The second kappa shape index (κ2) is 11.7. The lowest BCUT2D eigenvalue weighted by atomic mass is 10.2. The molecule has 3 aromatic rings. The van der Waals surface area contributed by atoms with Gasteiger partial charge in [0, 0.05) is 25.3 Å². The molecule has 2 heterocycles. The quantitative estimate of drug-likeness (QED) is 0.267. The number of nitrogens with zero attached hydrogens (tertiary/aromatic N) is 2. The lowest BCUT2D eigenvalue weighted by Crippen LogP contribution is -2.41. The summed E-state index contributed by atoms with van der Waals surface area (Å²) in [5, 5.41) is 3.45. The molecule has 11 nitrogen and oxygen atoms in total. The van der Waals surface area contributed by atoms with Crippen molar-refractivity contribution in [2.75, 3.05) is 18.2 Å². The molecule has 1 amide bonds. The van der Waals surface area contributed by atoms with Crippen LogP contribution in [-0.2, 0) is 35.6 Å². The number of para-hydroxylation sites is 2. The van der Waals surface area contributed by atoms with Crippen molar-refractivity contribution in [2.45, 2.75) is 62.2 Å². The van der Waals surface area contributed by atoms with Gasteiger partial charge in [-0.3, -0.25) is 9.59 Å². The van der Waals surface area contributed by atoms with E-state index in [0.29, 0.717) is 12.2 Å². The third-order valence-corrected chi connectivity index (χ3v) is 7.93. The molecule has 13 heteroatoms. The van der Waals surface area contributed by atoms with Gasteiger partial charge < -0.3 is 24.1 Å². The van der Waals surface area contributed by atoms with E-state index in [4.69, 9.17) is 14.2 Å². The zero-order valence-electron chi connectivity index (χ0n) is 21.5. The van der Waals surface area contributed by atoms with Crippen molar-refractivity contribution in [1.82, 2.24) is 14.3 Å². The highest BCUT2D eigenvalue weighted by atomic mass is 32.2. The second-order valence-corrected chi connectivity index (χ2v) is 11.2. The highest BCUT2D eigenvalue weighted by Gasteiger charge is 2.39. The Bertz CT molecular complexity index is 1440. The number of hydrogen-bond acceptors (Lipinski definition) is 9. The van der Waals surface area contributed by atoms with Crippen molar-refractivity contribution >= 4 is 50.4 Å². The van der Waals surface area contributed by atoms with E-state index in [1.165, 1.54) is 36.9 Å². The Morgan fingerprint density at radius 1 is 1.29 bits per heavy atom. The van der Waals surface area contributed by atoms with Crippen molar-refractivity contribution in [3.8, 4) is 5.75 Å². The number of fused-ring (bicyclic) bond motifs is 1. The summed E-state index contributed by atoms with van der Waals surface area (Å²) in [6.07, 6.45) is 0.270. The van der Waals surface area contributed by atoms with Gasteiger partial charge in [0.25, 0.3) is 0 Å². The van der Waals surface area contributed by atoms with Crippen molar-refractivity contribution < 1.29 is 32.2 Å². The van der Waals surface area contributed by atoms with Gasteiger partial charge in [-0.05, 0) is 44.4 Å². The Morgan fingerprint density at radius 2 is 2.05 bits per heavy atom. The van der Waals surface area contributed by atoms with Crippen LogP contribution in [0.3, 0.4) is 0 Å². The van der Waals surface area contributed by atoms with Gasteiger partial charge in [-0.15, -0.1) is 0 Å². The van der Waals surface area contributed by atoms with E-state index in [9.17, 15) is 18.0 Å². The Balaban J connectivity index is 1.63. The van der Waals surface area contributed by atoms with E-state index in [2.05, 4.69) is 15.0 Å². The summed E-state index contributed by atoms with van der Waals surface area (Å²) in [6.45, 7) is 5.54. The smallest absolute Gasteiger partial charge is 0.310 e. The summed E-state index contributed by atoms with van der Waals surface area (Å²) in [5.74, 6) is -0.822. The summed E-state index contributed by atoms with van der Waals surface area (Å²) in [4.78, 5) is 27.9.